The number of hydrogen-bond acceptors (Lipinski definition) is 6. The molecule has 0 unspecified atom stereocenters. The van der Waals surface area contributed by atoms with Crippen molar-refractivity contribution in [1.29, 1.82) is 0 Å². The monoisotopic (exact) mass is 415 g/mol. The third-order valence-electron chi connectivity index (χ3n) is 5.22. The smallest absolute Gasteiger partial charge is 0.338 e. The van der Waals surface area contributed by atoms with Crippen LogP contribution in [0.4, 0.5) is 10.5 Å². The van der Waals surface area contributed by atoms with Gasteiger partial charge < -0.3 is 10.1 Å². The van der Waals surface area contributed by atoms with Gasteiger partial charge in [0.1, 0.15) is 0 Å². The van der Waals surface area contributed by atoms with E-state index in [1.807, 2.05) is 0 Å². The first kappa shape index (κ1) is 21.5. The van der Waals surface area contributed by atoms with E-state index in [-0.39, 0.29) is 41.9 Å². The molecule has 1 aromatic rings. The Morgan fingerprint density at radius 3 is 2.40 bits per heavy atom. The predicted octanol–water partition coefficient (Wildman–Crippen LogP) is 2.04. The van der Waals surface area contributed by atoms with Crippen LogP contribution in [0.1, 0.15) is 62.2 Å². The second-order valence-electron chi connectivity index (χ2n) is 7.52. The number of carbonyl (C=O) groups excluding carboxylic acids is 5. The molecule has 1 atom stereocenters. The Morgan fingerprint density at radius 1 is 1.07 bits per heavy atom. The summed E-state index contributed by atoms with van der Waals surface area (Å²) in [6.45, 7) is 1.36. The van der Waals surface area contributed by atoms with E-state index in [2.05, 4.69) is 10.6 Å². The van der Waals surface area contributed by atoms with Crippen LogP contribution in [0.15, 0.2) is 24.3 Å². The molecule has 160 valence electrons. The number of nitrogens with zero attached hydrogens (tertiary/aromatic N) is 1. The molecule has 9 heteroatoms. The van der Waals surface area contributed by atoms with E-state index in [0.717, 1.165) is 37.0 Å². The zero-order valence-electron chi connectivity index (χ0n) is 16.8. The first-order chi connectivity index (χ1) is 14.3. The minimum Gasteiger partial charge on any atom is -0.449 e. The SMILES string of the molecule is C[C@H](OC(=O)c1cccc(N2C(=O)CCC2=O)c1)C(=O)NC(=O)NC1CCCCC1. The molecule has 2 aliphatic rings. The first-order valence-electron chi connectivity index (χ1n) is 10.1. The molecule has 1 heterocycles. The minimum atomic E-state index is -1.20. The average Bonchev–Trinajstić information content (AvgIpc) is 3.06. The van der Waals surface area contributed by atoms with Crippen LogP contribution in [0.2, 0.25) is 0 Å². The molecule has 0 spiro atoms. The van der Waals surface area contributed by atoms with Crippen LogP contribution in [0, 0.1) is 0 Å². The van der Waals surface area contributed by atoms with Crippen LogP contribution in [0.3, 0.4) is 0 Å². The molecule has 0 aromatic heterocycles. The van der Waals surface area contributed by atoms with Gasteiger partial charge in [0, 0.05) is 18.9 Å². The summed E-state index contributed by atoms with van der Waals surface area (Å²) < 4.78 is 5.14. The number of carbonyl (C=O) groups is 5. The number of rotatable bonds is 5. The van der Waals surface area contributed by atoms with Crippen molar-refractivity contribution in [3.63, 3.8) is 0 Å². The molecule has 1 saturated heterocycles. The van der Waals surface area contributed by atoms with Crippen LogP contribution in [-0.2, 0) is 19.1 Å². The Balaban J connectivity index is 1.55. The van der Waals surface area contributed by atoms with Gasteiger partial charge in [0.15, 0.2) is 6.10 Å². The predicted molar refractivity (Wildman–Crippen MR) is 107 cm³/mol. The van der Waals surface area contributed by atoms with Gasteiger partial charge in [-0.25, -0.2) is 9.59 Å². The van der Waals surface area contributed by atoms with Gasteiger partial charge in [-0.3, -0.25) is 24.6 Å². The maximum absolute atomic E-state index is 12.4. The number of hydrogen-bond donors (Lipinski definition) is 2. The molecule has 3 rings (SSSR count). The average molecular weight is 415 g/mol. The molecule has 5 amide bonds. The lowest BCUT2D eigenvalue weighted by atomic mass is 9.96. The molecule has 30 heavy (non-hydrogen) atoms. The summed E-state index contributed by atoms with van der Waals surface area (Å²) in [5.41, 5.74) is 0.368. The molecule has 1 aliphatic carbocycles. The number of imide groups is 2. The van der Waals surface area contributed by atoms with Crippen molar-refractivity contribution < 1.29 is 28.7 Å². The fourth-order valence-corrected chi connectivity index (χ4v) is 3.60. The van der Waals surface area contributed by atoms with Gasteiger partial charge in [-0.1, -0.05) is 25.3 Å². The van der Waals surface area contributed by atoms with Gasteiger partial charge in [-0.05, 0) is 38.0 Å². The number of urea groups is 1. The molecule has 1 saturated carbocycles. The Kier molecular flexibility index (Phi) is 6.81. The molecule has 0 radical (unpaired) electrons. The molecule has 9 nitrogen and oxygen atoms in total. The summed E-state index contributed by atoms with van der Waals surface area (Å²) >= 11 is 0. The summed E-state index contributed by atoms with van der Waals surface area (Å²) in [5.74, 6) is -2.20. The highest BCUT2D eigenvalue weighted by molar-refractivity contribution is 6.20. The third kappa shape index (κ3) is 5.22. The quantitative estimate of drug-likeness (QED) is 0.561. The molecular weight excluding hydrogens is 390 g/mol. The van der Waals surface area contributed by atoms with E-state index in [1.54, 1.807) is 6.07 Å². The van der Waals surface area contributed by atoms with Crippen LogP contribution in [0.5, 0.6) is 0 Å². The van der Waals surface area contributed by atoms with E-state index < -0.39 is 24.0 Å². The summed E-state index contributed by atoms with van der Waals surface area (Å²) in [6, 6.07) is 5.32. The minimum absolute atomic E-state index is 0.0446. The van der Waals surface area contributed by atoms with E-state index in [9.17, 15) is 24.0 Å². The lowest BCUT2D eigenvalue weighted by molar-refractivity contribution is -0.128. The van der Waals surface area contributed by atoms with Crippen molar-refractivity contribution in [2.45, 2.75) is 64.0 Å². The molecule has 1 aromatic carbocycles. The Hall–Kier alpha value is -3.23. The number of nitrogens with one attached hydrogen (secondary N) is 2. The Labute approximate surface area is 174 Å². The van der Waals surface area contributed by atoms with Gasteiger partial charge in [-0.2, -0.15) is 0 Å². The molecule has 2 N–H and O–H groups in total. The number of anilines is 1. The molecular formula is C21H25N3O6. The number of amides is 5. The van der Waals surface area contributed by atoms with Gasteiger partial charge >= 0.3 is 12.0 Å². The molecule has 1 aliphatic heterocycles. The Bertz CT molecular complexity index is 846. The van der Waals surface area contributed by atoms with Crippen LogP contribution in [-0.4, -0.2) is 41.9 Å². The van der Waals surface area contributed by atoms with E-state index in [4.69, 9.17) is 4.74 Å². The second-order valence-corrected chi connectivity index (χ2v) is 7.52. The zero-order valence-corrected chi connectivity index (χ0v) is 16.8. The van der Waals surface area contributed by atoms with Crippen LogP contribution >= 0.6 is 0 Å². The van der Waals surface area contributed by atoms with Gasteiger partial charge in [0.2, 0.25) is 11.8 Å². The van der Waals surface area contributed by atoms with E-state index in [1.165, 1.54) is 25.1 Å². The van der Waals surface area contributed by atoms with Gasteiger partial charge in [0.05, 0.1) is 11.3 Å². The largest absolute Gasteiger partial charge is 0.449 e. The topological polar surface area (TPSA) is 122 Å². The number of ether oxygens (including phenoxy) is 1. The van der Waals surface area contributed by atoms with Crippen molar-refractivity contribution in [2.75, 3.05) is 4.90 Å². The summed E-state index contributed by atoms with van der Waals surface area (Å²) in [7, 11) is 0. The fraction of sp³-hybridized carbons (Fsp3) is 0.476. The van der Waals surface area contributed by atoms with Crippen LogP contribution < -0.4 is 15.5 Å². The summed E-state index contributed by atoms with van der Waals surface area (Å²) in [4.78, 5) is 61.3. The lowest BCUT2D eigenvalue weighted by Crippen LogP contribution is -2.48. The van der Waals surface area contributed by atoms with E-state index >= 15 is 0 Å². The highest BCUT2D eigenvalue weighted by Crippen LogP contribution is 2.24. The molecule has 0 bridgehead atoms. The van der Waals surface area contributed by atoms with Gasteiger partial charge in [0.25, 0.3) is 5.91 Å². The van der Waals surface area contributed by atoms with Crippen molar-refractivity contribution in [2.24, 2.45) is 0 Å². The second kappa shape index (κ2) is 9.51. The van der Waals surface area contributed by atoms with Crippen LogP contribution in [0.25, 0.3) is 0 Å². The van der Waals surface area contributed by atoms with Crippen molar-refractivity contribution >= 4 is 35.4 Å². The van der Waals surface area contributed by atoms with Crippen molar-refractivity contribution in [3.8, 4) is 0 Å². The fourth-order valence-electron chi connectivity index (χ4n) is 3.60. The van der Waals surface area contributed by atoms with Crippen molar-refractivity contribution in [1.82, 2.24) is 10.6 Å². The molecule has 2 fully saturated rings. The maximum atomic E-state index is 12.4. The maximum Gasteiger partial charge on any atom is 0.338 e. The van der Waals surface area contributed by atoms with Crippen molar-refractivity contribution in [3.05, 3.63) is 29.8 Å². The van der Waals surface area contributed by atoms with E-state index in [0.29, 0.717) is 0 Å². The summed E-state index contributed by atoms with van der Waals surface area (Å²) in [5, 5.41) is 4.94. The highest BCUT2D eigenvalue weighted by Gasteiger charge is 2.31. The highest BCUT2D eigenvalue weighted by atomic mass is 16.5. The summed E-state index contributed by atoms with van der Waals surface area (Å²) in [6.07, 6.45) is 4.05. The van der Waals surface area contributed by atoms with Gasteiger partial charge in [-0.15, -0.1) is 0 Å². The zero-order chi connectivity index (χ0) is 21.7. The Morgan fingerprint density at radius 2 is 1.73 bits per heavy atom. The number of benzene rings is 1. The lowest BCUT2D eigenvalue weighted by Gasteiger charge is -2.23. The first-order valence-corrected chi connectivity index (χ1v) is 10.1. The third-order valence-corrected chi connectivity index (χ3v) is 5.22. The number of esters is 1. The standard InChI is InChI=1S/C21H25N3O6/c1-13(19(27)23-21(29)22-15-7-3-2-4-8-15)30-20(28)14-6-5-9-16(12-14)24-17(25)10-11-18(24)26/h5-6,9,12-13,15H,2-4,7-8,10-11H2,1H3,(H2,22,23,27,29)/t13-/m0/s1. The normalized spacial score (nSPS) is 18.1.